The molecular formula is C15H12F3N5O3. The van der Waals surface area contributed by atoms with Gasteiger partial charge in [0, 0.05) is 10.8 Å². The predicted octanol–water partition coefficient (Wildman–Crippen LogP) is 2.56. The second-order valence-corrected chi connectivity index (χ2v) is 5.02. The quantitative estimate of drug-likeness (QED) is 0.245. The zero-order valence-corrected chi connectivity index (χ0v) is 13.1. The average molecular weight is 367 g/mol. The summed E-state index contributed by atoms with van der Waals surface area (Å²) in [5.74, 6) is -0.693. The topological polar surface area (TPSA) is 94.1 Å². The van der Waals surface area contributed by atoms with Crippen molar-refractivity contribution in [1.82, 2.24) is 19.8 Å². The second kappa shape index (κ2) is 6.86. The number of halogens is 3. The zero-order valence-electron chi connectivity index (χ0n) is 13.1. The molecule has 0 aliphatic heterocycles. The normalized spacial score (nSPS) is 12.5. The molecule has 0 amide bonds. The van der Waals surface area contributed by atoms with E-state index in [1.807, 2.05) is 0 Å². The average Bonchev–Trinajstić information content (AvgIpc) is 3.04. The van der Waals surface area contributed by atoms with Crippen molar-refractivity contribution < 1.29 is 27.9 Å². The lowest BCUT2D eigenvalue weighted by molar-refractivity contribution is -0.153. The monoisotopic (exact) mass is 367 g/mol. The summed E-state index contributed by atoms with van der Waals surface area (Å²) < 4.78 is 48.7. The summed E-state index contributed by atoms with van der Waals surface area (Å²) in [6.07, 6.45) is -3.12. The first kappa shape index (κ1) is 17.5. The lowest BCUT2D eigenvalue weighted by Gasteiger charge is -2.11. The Bertz CT molecular complexity index is 984. The summed E-state index contributed by atoms with van der Waals surface area (Å²) in [5, 5.41) is 24.7. The van der Waals surface area contributed by atoms with Crippen LogP contribution in [0.25, 0.3) is 16.4 Å². The van der Waals surface area contributed by atoms with E-state index in [2.05, 4.69) is 27.0 Å². The van der Waals surface area contributed by atoms with Crippen molar-refractivity contribution in [3.63, 3.8) is 0 Å². The molecule has 0 spiro atoms. The van der Waals surface area contributed by atoms with E-state index >= 15 is 0 Å². The molecule has 2 heterocycles. The van der Waals surface area contributed by atoms with Crippen LogP contribution in [0.4, 0.5) is 13.2 Å². The number of alkyl halides is 3. The van der Waals surface area contributed by atoms with E-state index in [4.69, 9.17) is 14.7 Å². The predicted molar refractivity (Wildman–Crippen MR) is 84.3 cm³/mol. The molecule has 0 unspecified atom stereocenters. The van der Waals surface area contributed by atoms with Gasteiger partial charge in [-0.25, -0.2) is 0 Å². The number of oxime groups is 1. The number of rotatable bonds is 5. The third kappa shape index (κ3) is 3.36. The van der Waals surface area contributed by atoms with Crippen LogP contribution in [-0.4, -0.2) is 50.3 Å². The molecule has 0 radical (unpaired) electrons. The van der Waals surface area contributed by atoms with Gasteiger partial charge in [0.2, 0.25) is 11.7 Å². The van der Waals surface area contributed by atoms with Crippen LogP contribution >= 0.6 is 0 Å². The second-order valence-electron chi connectivity index (χ2n) is 5.02. The van der Waals surface area contributed by atoms with Crippen LogP contribution in [0, 0.1) is 0 Å². The minimum absolute atomic E-state index is 0.0132. The van der Waals surface area contributed by atoms with E-state index < -0.39 is 12.8 Å². The van der Waals surface area contributed by atoms with Gasteiger partial charge >= 0.3 is 6.18 Å². The van der Waals surface area contributed by atoms with Gasteiger partial charge < -0.3 is 14.7 Å². The Morgan fingerprint density at radius 3 is 2.65 bits per heavy atom. The molecule has 26 heavy (non-hydrogen) atoms. The van der Waals surface area contributed by atoms with E-state index in [9.17, 15) is 13.2 Å². The molecular weight excluding hydrogens is 355 g/mol. The van der Waals surface area contributed by atoms with Crippen molar-refractivity contribution in [2.24, 2.45) is 5.16 Å². The lowest BCUT2D eigenvalue weighted by atomic mass is 10.2. The van der Waals surface area contributed by atoms with E-state index in [0.29, 0.717) is 10.8 Å². The van der Waals surface area contributed by atoms with Crippen molar-refractivity contribution in [2.75, 3.05) is 13.2 Å². The Hall–Kier alpha value is -3.37. The fourth-order valence-electron chi connectivity index (χ4n) is 2.22. The van der Waals surface area contributed by atoms with Crippen molar-refractivity contribution >= 4 is 22.3 Å². The van der Waals surface area contributed by atoms with Crippen LogP contribution in [0.3, 0.4) is 0 Å². The maximum Gasteiger partial charge on any atom is 0.422 e. The molecule has 3 aromatic rings. The summed E-state index contributed by atoms with van der Waals surface area (Å²) in [5.41, 5.74) is 0.235. The molecule has 1 aromatic carbocycles. The first-order valence-electron chi connectivity index (χ1n) is 7.24. The van der Waals surface area contributed by atoms with Crippen LogP contribution in [0.1, 0.15) is 5.82 Å². The molecule has 0 aliphatic carbocycles. The molecule has 11 heteroatoms. The Labute approximate surface area is 144 Å². The summed E-state index contributed by atoms with van der Waals surface area (Å²) in [4.78, 5) is 0. The van der Waals surface area contributed by atoms with Gasteiger partial charge in [-0.2, -0.15) is 17.7 Å². The third-order valence-corrected chi connectivity index (χ3v) is 3.22. The van der Waals surface area contributed by atoms with Gasteiger partial charge in [0.05, 0.1) is 0 Å². The number of hydrogen-bond donors (Lipinski definition) is 1. The van der Waals surface area contributed by atoms with E-state index in [0.717, 1.165) is 4.52 Å². The summed E-state index contributed by atoms with van der Waals surface area (Å²) >= 11 is 0. The molecule has 3 rings (SSSR count). The number of hydrogen-bond acceptors (Lipinski definition) is 7. The maximum absolute atomic E-state index is 12.5. The van der Waals surface area contributed by atoms with Gasteiger partial charge in [0.15, 0.2) is 12.3 Å². The standard InChI is InChI=1S/C15H12F3N5O3/c1-2-7-25-14(22-24)12-20-19-11-9-5-3-4-6-10(9)13(21-23(11)12)26-8-15(16,17)18/h2-6,24H,1,7-8H2. The largest absolute Gasteiger partial charge is 0.469 e. The van der Waals surface area contributed by atoms with Crippen molar-refractivity contribution in [3.8, 4) is 5.88 Å². The van der Waals surface area contributed by atoms with Gasteiger partial charge in [0.1, 0.15) is 6.61 Å². The molecule has 0 saturated heterocycles. The molecule has 8 nitrogen and oxygen atoms in total. The highest BCUT2D eigenvalue weighted by Gasteiger charge is 2.29. The highest BCUT2D eigenvalue weighted by molar-refractivity contribution is 5.98. The highest BCUT2D eigenvalue weighted by atomic mass is 19.4. The van der Waals surface area contributed by atoms with Crippen molar-refractivity contribution in [2.45, 2.75) is 6.18 Å². The number of fused-ring (bicyclic) bond motifs is 3. The molecule has 1 N–H and O–H groups in total. The Morgan fingerprint density at radius 2 is 2.00 bits per heavy atom. The van der Waals surface area contributed by atoms with Crippen LogP contribution in [-0.2, 0) is 4.74 Å². The van der Waals surface area contributed by atoms with Crippen molar-refractivity contribution in [1.29, 1.82) is 0 Å². The molecule has 136 valence electrons. The highest BCUT2D eigenvalue weighted by Crippen LogP contribution is 2.28. The Kier molecular flexibility index (Phi) is 4.61. The smallest absolute Gasteiger partial charge is 0.422 e. The number of aromatic nitrogens is 4. The van der Waals surface area contributed by atoms with Crippen molar-refractivity contribution in [3.05, 3.63) is 42.7 Å². The first-order chi connectivity index (χ1) is 12.4. The molecule has 0 saturated carbocycles. The van der Waals surface area contributed by atoms with E-state index in [-0.39, 0.29) is 29.9 Å². The van der Waals surface area contributed by atoms with Gasteiger partial charge in [-0.3, -0.25) is 0 Å². The van der Waals surface area contributed by atoms with E-state index in [1.165, 1.54) is 6.08 Å². The van der Waals surface area contributed by atoms with Gasteiger partial charge in [-0.05, 0) is 11.2 Å². The van der Waals surface area contributed by atoms with Crippen LogP contribution in [0.2, 0.25) is 0 Å². The number of nitrogens with zero attached hydrogens (tertiary/aromatic N) is 5. The third-order valence-electron chi connectivity index (χ3n) is 3.22. The molecule has 0 aliphatic rings. The first-order valence-corrected chi connectivity index (χ1v) is 7.24. The number of benzene rings is 1. The fourth-order valence-corrected chi connectivity index (χ4v) is 2.22. The van der Waals surface area contributed by atoms with Gasteiger partial charge in [0.25, 0.3) is 5.90 Å². The molecule has 2 aromatic heterocycles. The summed E-state index contributed by atoms with van der Waals surface area (Å²) in [7, 11) is 0. The molecule has 0 fully saturated rings. The Morgan fingerprint density at radius 1 is 1.27 bits per heavy atom. The maximum atomic E-state index is 12.5. The number of ether oxygens (including phenoxy) is 2. The lowest BCUT2D eigenvalue weighted by Crippen LogP contribution is -2.20. The van der Waals surface area contributed by atoms with Gasteiger partial charge in [-0.1, -0.05) is 30.9 Å². The van der Waals surface area contributed by atoms with E-state index in [1.54, 1.807) is 24.3 Å². The van der Waals surface area contributed by atoms with Crippen LogP contribution < -0.4 is 4.74 Å². The minimum Gasteiger partial charge on any atom is -0.469 e. The minimum atomic E-state index is -4.53. The zero-order chi connectivity index (χ0) is 18.7. The molecule has 0 atom stereocenters. The fraction of sp³-hybridized carbons (Fsp3) is 0.200. The summed E-state index contributed by atoms with van der Waals surface area (Å²) in [6, 6.07) is 6.49. The van der Waals surface area contributed by atoms with Crippen LogP contribution in [0.5, 0.6) is 5.88 Å². The Balaban J connectivity index is 2.16. The SMILES string of the molecule is C=CCOC(=NO)c1nnc2c3ccccc3c(OCC(F)(F)F)nn12. The summed E-state index contributed by atoms with van der Waals surface area (Å²) in [6.45, 7) is 1.97. The molecule has 0 bridgehead atoms. The van der Waals surface area contributed by atoms with Gasteiger partial charge in [-0.15, -0.1) is 15.3 Å². The van der Waals surface area contributed by atoms with Crippen LogP contribution in [0.15, 0.2) is 42.1 Å².